The molecule has 0 radical (unpaired) electrons. The van der Waals surface area contributed by atoms with Gasteiger partial charge in [0.15, 0.2) is 0 Å². The van der Waals surface area contributed by atoms with Gasteiger partial charge in [-0.05, 0) is 17.7 Å². The molecule has 2 aromatic rings. The van der Waals surface area contributed by atoms with Crippen LogP contribution in [0.15, 0.2) is 24.4 Å². The molecule has 1 aromatic heterocycles. The third-order valence-electron chi connectivity index (χ3n) is 2.11. The van der Waals surface area contributed by atoms with Crippen LogP contribution in [0.5, 0.6) is 5.75 Å². The molecule has 1 aromatic carbocycles. The molecule has 0 aliphatic heterocycles. The Bertz CT molecular complexity index is 422. The lowest BCUT2D eigenvalue weighted by Gasteiger charge is -2.02. The van der Waals surface area contributed by atoms with Crippen molar-refractivity contribution in [2.45, 2.75) is 5.88 Å². The first kappa shape index (κ1) is 8.45. The number of fused-ring (bicyclic) bond motifs is 1. The summed E-state index contributed by atoms with van der Waals surface area (Å²) in [7, 11) is 1.67. The number of ether oxygens (including phenoxy) is 1. The molecule has 1 N–H and O–H groups in total. The third kappa shape index (κ3) is 1.27. The van der Waals surface area contributed by atoms with Crippen molar-refractivity contribution in [1.29, 1.82) is 0 Å². The van der Waals surface area contributed by atoms with Gasteiger partial charge in [0.2, 0.25) is 0 Å². The van der Waals surface area contributed by atoms with E-state index >= 15 is 0 Å². The first-order valence-corrected chi connectivity index (χ1v) is 4.59. The summed E-state index contributed by atoms with van der Waals surface area (Å²) in [6.45, 7) is 0. The van der Waals surface area contributed by atoms with Crippen LogP contribution in [0.25, 0.3) is 10.9 Å². The van der Waals surface area contributed by atoms with Crippen LogP contribution in [-0.2, 0) is 5.88 Å². The van der Waals surface area contributed by atoms with Gasteiger partial charge in [-0.15, -0.1) is 11.6 Å². The minimum Gasteiger partial charge on any atom is -0.496 e. The second-order valence-corrected chi connectivity index (χ2v) is 3.10. The van der Waals surface area contributed by atoms with E-state index in [0.29, 0.717) is 5.88 Å². The number of H-pyrrole nitrogens is 1. The number of nitrogens with one attached hydrogen (secondary N) is 1. The number of alkyl halides is 1. The van der Waals surface area contributed by atoms with E-state index in [-0.39, 0.29) is 0 Å². The van der Waals surface area contributed by atoms with Crippen molar-refractivity contribution in [2.24, 2.45) is 0 Å². The predicted octanol–water partition coefficient (Wildman–Crippen LogP) is 2.92. The Balaban J connectivity index is 2.76. The molecule has 2 rings (SSSR count). The first-order valence-electron chi connectivity index (χ1n) is 4.05. The molecule has 0 atom stereocenters. The molecule has 3 heteroatoms. The molecule has 2 nitrogen and oxygen atoms in total. The average Bonchev–Trinajstić information content (AvgIpc) is 2.60. The minimum atomic E-state index is 0.500. The minimum absolute atomic E-state index is 0.500. The maximum Gasteiger partial charge on any atom is 0.128 e. The summed E-state index contributed by atoms with van der Waals surface area (Å²) >= 11 is 5.80. The van der Waals surface area contributed by atoms with E-state index in [4.69, 9.17) is 16.3 Å². The Hall–Kier alpha value is -1.15. The van der Waals surface area contributed by atoms with E-state index < -0.39 is 0 Å². The Morgan fingerprint density at radius 2 is 2.31 bits per heavy atom. The molecule has 0 saturated carbocycles. The van der Waals surface area contributed by atoms with Gasteiger partial charge >= 0.3 is 0 Å². The van der Waals surface area contributed by atoms with E-state index in [1.807, 2.05) is 24.4 Å². The maximum absolute atomic E-state index is 5.80. The zero-order chi connectivity index (χ0) is 9.26. The fraction of sp³-hybridized carbons (Fsp3) is 0.200. The Labute approximate surface area is 81.5 Å². The first-order chi connectivity index (χ1) is 6.36. The summed E-state index contributed by atoms with van der Waals surface area (Å²) in [6.07, 6.45) is 1.92. The largest absolute Gasteiger partial charge is 0.496 e. The van der Waals surface area contributed by atoms with Gasteiger partial charge in [-0.25, -0.2) is 0 Å². The number of aromatic nitrogens is 1. The summed E-state index contributed by atoms with van der Waals surface area (Å²) < 4.78 is 5.25. The quantitative estimate of drug-likeness (QED) is 0.733. The highest BCUT2D eigenvalue weighted by Crippen LogP contribution is 2.29. The zero-order valence-corrected chi connectivity index (χ0v) is 8.06. The number of rotatable bonds is 2. The SMILES string of the molecule is COc1cccc2[nH]cc(CCl)c12. The van der Waals surface area contributed by atoms with Crippen molar-refractivity contribution in [3.05, 3.63) is 30.0 Å². The van der Waals surface area contributed by atoms with Crippen molar-refractivity contribution in [3.8, 4) is 5.75 Å². The summed E-state index contributed by atoms with van der Waals surface area (Å²) in [5.74, 6) is 1.37. The molecule has 0 amide bonds. The van der Waals surface area contributed by atoms with Crippen molar-refractivity contribution in [1.82, 2.24) is 4.98 Å². The van der Waals surface area contributed by atoms with Gasteiger partial charge < -0.3 is 9.72 Å². The molecule has 68 valence electrons. The molecule has 0 spiro atoms. The molecular formula is C10H10ClNO. The lowest BCUT2D eigenvalue weighted by molar-refractivity contribution is 0.419. The lowest BCUT2D eigenvalue weighted by atomic mass is 10.2. The average molecular weight is 196 g/mol. The zero-order valence-electron chi connectivity index (χ0n) is 7.30. The van der Waals surface area contributed by atoms with Crippen LogP contribution < -0.4 is 4.74 Å². The highest BCUT2D eigenvalue weighted by Gasteiger charge is 2.06. The number of hydrogen-bond acceptors (Lipinski definition) is 1. The Morgan fingerprint density at radius 3 is 3.00 bits per heavy atom. The van der Waals surface area contributed by atoms with Crippen LogP contribution in [-0.4, -0.2) is 12.1 Å². The summed E-state index contributed by atoms with van der Waals surface area (Å²) in [5, 5.41) is 1.08. The molecule has 0 aliphatic carbocycles. The highest BCUT2D eigenvalue weighted by molar-refractivity contribution is 6.18. The van der Waals surface area contributed by atoms with Crippen molar-refractivity contribution >= 4 is 22.5 Å². The smallest absolute Gasteiger partial charge is 0.128 e. The summed E-state index contributed by atoms with van der Waals surface area (Å²) in [5.41, 5.74) is 2.14. The molecule has 13 heavy (non-hydrogen) atoms. The topological polar surface area (TPSA) is 25.0 Å². The molecule has 0 saturated heterocycles. The van der Waals surface area contributed by atoms with Gasteiger partial charge in [0.25, 0.3) is 0 Å². The molecule has 0 aliphatic rings. The molecule has 0 unspecified atom stereocenters. The van der Waals surface area contributed by atoms with Crippen molar-refractivity contribution in [3.63, 3.8) is 0 Å². The second-order valence-electron chi connectivity index (χ2n) is 2.83. The number of aromatic amines is 1. The fourth-order valence-corrected chi connectivity index (χ4v) is 1.71. The monoisotopic (exact) mass is 195 g/mol. The number of halogens is 1. The van der Waals surface area contributed by atoms with Crippen LogP contribution in [0.3, 0.4) is 0 Å². The summed E-state index contributed by atoms with van der Waals surface area (Å²) in [4.78, 5) is 3.15. The van der Waals surface area contributed by atoms with Crippen molar-refractivity contribution < 1.29 is 4.74 Å². The maximum atomic E-state index is 5.80. The Kier molecular flexibility index (Phi) is 2.15. The fourth-order valence-electron chi connectivity index (χ4n) is 1.50. The van der Waals surface area contributed by atoms with E-state index in [2.05, 4.69) is 4.98 Å². The standard InChI is InChI=1S/C10H10ClNO/c1-13-9-4-2-3-8-10(9)7(5-11)6-12-8/h2-4,6,12H,5H2,1H3. The van der Waals surface area contributed by atoms with Gasteiger partial charge in [0.05, 0.1) is 7.11 Å². The number of benzene rings is 1. The van der Waals surface area contributed by atoms with Gasteiger partial charge in [-0.3, -0.25) is 0 Å². The number of hydrogen-bond donors (Lipinski definition) is 1. The second kappa shape index (κ2) is 3.30. The third-order valence-corrected chi connectivity index (χ3v) is 2.40. The van der Waals surface area contributed by atoms with E-state index in [1.54, 1.807) is 7.11 Å². The van der Waals surface area contributed by atoms with Gasteiger partial charge in [0, 0.05) is 23.0 Å². The Morgan fingerprint density at radius 1 is 1.46 bits per heavy atom. The van der Waals surface area contributed by atoms with Crippen LogP contribution in [0, 0.1) is 0 Å². The van der Waals surface area contributed by atoms with E-state index in [9.17, 15) is 0 Å². The summed E-state index contributed by atoms with van der Waals surface area (Å²) in [6, 6.07) is 5.90. The van der Waals surface area contributed by atoms with E-state index in [0.717, 1.165) is 22.2 Å². The molecular weight excluding hydrogens is 186 g/mol. The molecule has 0 bridgehead atoms. The van der Waals surface area contributed by atoms with Crippen LogP contribution >= 0.6 is 11.6 Å². The predicted molar refractivity (Wildman–Crippen MR) is 54.4 cm³/mol. The van der Waals surface area contributed by atoms with Crippen molar-refractivity contribution in [2.75, 3.05) is 7.11 Å². The molecule has 1 heterocycles. The number of methoxy groups -OCH3 is 1. The molecule has 0 fully saturated rings. The van der Waals surface area contributed by atoms with Gasteiger partial charge in [-0.2, -0.15) is 0 Å². The van der Waals surface area contributed by atoms with Crippen LogP contribution in [0.4, 0.5) is 0 Å². The van der Waals surface area contributed by atoms with Gasteiger partial charge in [-0.1, -0.05) is 6.07 Å². The van der Waals surface area contributed by atoms with Gasteiger partial charge in [0.1, 0.15) is 5.75 Å². The normalized spacial score (nSPS) is 10.6. The van der Waals surface area contributed by atoms with E-state index in [1.165, 1.54) is 0 Å². The van der Waals surface area contributed by atoms with Crippen LogP contribution in [0.1, 0.15) is 5.56 Å². The highest BCUT2D eigenvalue weighted by atomic mass is 35.5. The van der Waals surface area contributed by atoms with Crippen LogP contribution in [0.2, 0.25) is 0 Å². The lowest BCUT2D eigenvalue weighted by Crippen LogP contribution is -1.84.